The molecular weight excluding hydrogens is 352 g/mol. The van der Waals surface area contributed by atoms with Crippen LogP contribution in [-0.2, 0) is 10.2 Å². The number of carbonyl (C=O) groups excluding carboxylic acids is 1. The Labute approximate surface area is 163 Å². The summed E-state index contributed by atoms with van der Waals surface area (Å²) in [4.78, 5) is 18.0. The van der Waals surface area contributed by atoms with Gasteiger partial charge in [-0.1, -0.05) is 12.5 Å². The fourth-order valence-electron chi connectivity index (χ4n) is 4.85. The van der Waals surface area contributed by atoms with Crippen LogP contribution in [0.4, 0.5) is 11.4 Å². The van der Waals surface area contributed by atoms with E-state index in [0.717, 1.165) is 47.7 Å². The van der Waals surface area contributed by atoms with Gasteiger partial charge in [0, 0.05) is 17.3 Å². The molecule has 2 fully saturated rings. The van der Waals surface area contributed by atoms with Crippen LogP contribution in [0, 0.1) is 0 Å². The number of hydrogen-bond acceptors (Lipinski definition) is 4. The molecule has 0 bridgehead atoms. The second-order valence-corrected chi connectivity index (χ2v) is 8.28. The summed E-state index contributed by atoms with van der Waals surface area (Å²) >= 11 is 0. The Morgan fingerprint density at radius 1 is 1.07 bits per heavy atom. The van der Waals surface area contributed by atoms with E-state index in [1.807, 2.05) is 24.3 Å². The quantitative estimate of drug-likeness (QED) is 0.837. The van der Waals surface area contributed by atoms with Gasteiger partial charge in [0.05, 0.1) is 11.1 Å². The van der Waals surface area contributed by atoms with Crippen LogP contribution in [0.15, 0.2) is 41.4 Å². The van der Waals surface area contributed by atoms with E-state index in [1.54, 1.807) is 0 Å². The van der Waals surface area contributed by atoms with Crippen molar-refractivity contribution in [3.63, 3.8) is 0 Å². The predicted octanol–water partition coefficient (Wildman–Crippen LogP) is 4.83. The van der Waals surface area contributed by atoms with Crippen molar-refractivity contribution in [2.75, 3.05) is 12.1 Å². The van der Waals surface area contributed by atoms with Gasteiger partial charge in [0.25, 0.3) is 0 Å². The zero-order valence-corrected chi connectivity index (χ0v) is 15.7. The van der Waals surface area contributed by atoms with Gasteiger partial charge in [-0.15, -0.1) is 0 Å². The smallest absolute Gasteiger partial charge is 0.235 e. The van der Waals surface area contributed by atoms with Crippen LogP contribution in [0.2, 0.25) is 0 Å². The molecule has 0 spiro atoms. The molecule has 2 aromatic carbocycles. The fourth-order valence-corrected chi connectivity index (χ4v) is 4.85. The van der Waals surface area contributed by atoms with Gasteiger partial charge in [-0.05, 0) is 73.6 Å². The fraction of sp³-hybridized carbons (Fsp3) is 0.391. The van der Waals surface area contributed by atoms with Crippen LogP contribution in [0.25, 0.3) is 0 Å². The van der Waals surface area contributed by atoms with Crippen molar-refractivity contribution in [1.29, 1.82) is 0 Å². The Kier molecular flexibility index (Phi) is 3.37. The number of anilines is 1. The van der Waals surface area contributed by atoms with E-state index in [-0.39, 0.29) is 12.7 Å². The van der Waals surface area contributed by atoms with E-state index in [1.165, 1.54) is 30.5 Å². The minimum absolute atomic E-state index is 0.0640. The second kappa shape index (κ2) is 5.84. The van der Waals surface area contributed by atoms with Crippen LogP contribution >= 0.6 is 0 Å². The monoisotopic (exact) mass is 374 g/mol. The van der Waals surface area contributed by atoms with E-state index >= 15 is 0 Å². The van der Waals surface area contributed by atoms with Gasteiger partial charge in [0.1, 0.15) is 0 Å². The molecule has 0 aromatic heterocycles. The summed E-state index contributed by atoms with van der Waals surface area (Å²) in [5, 5.41) is 3.17. The number of amides is 1. The average Bonchev–Trinajstić information content (AvgIpc) is 3.26. The summed E-state index contributed by atoms with van der Waals surface area (Å²) in [6.45, 7) is 0.248. The van der Waals surface area contributed by atoms with Crippen molar-refractivity contribution in [2.24, 2.45) is 4.99 Å². The van der Waals surface area contributed by atoms with Crippen molar-refractivity contribution in [3.05, 3.63) is 47.5 Å². The highest BCUT2D eigenvalue weighted by molar-refractivity contribution is 6.03. The maximum absolute atomic E-state index is 13.2. The third-order valence-corrected chi connectivity index (χ3v) is 6.61. The van der Waals surface area contributed by atoms with E-state index in [9.17, 15) is 4.79 Å². The molecule has 1 N–H and O–H groups in total. The molecule has 28 heavy (non-hydrogen) atoms. The number of hydrogen-bond donors (Lipinski definition) is 1. The van der Waals surface area contributed by atoms with Gasteiger partial charge in [0.2, 0.25) is 12.7 Å². The molecule has 2 aliphatic heterocycles. The molecule has 4 aliphatic rings. The number of fused-ring (bicyclic) bond motifs is 4. The minimum Gasteiger partial charge on any atom is -0.454 e. The van der Waals surface area contributed by atoms with Crippen molar-refractivity contribution in [3.8, 4) is 11.5 Å². The third kappa shape index (κ3) is 2.38. The molecule has 1 atom stereocenters. The van der Waals surface area contributed by atoms with E-state index in [0.29, 0.717) is 5.92 Å². The number of nitrogens with zero attached hydrogens (tertiary/aromatic N) is 1. The zero-order chi connectivity index (χ0) is 18.7. The number of aliphatic imine (C=N–C) groups is 1. The van der Waals surface area contributed by atoms with Crippen LogP contribution in [-0.4, -0.2) is 18.4 Å². The van der Waals surface area contributed by atoms with Crippen LogP contribution < -0.4 is 14.8 Å². The molecule has 2 aliphatic carbocycles. The highest BCUT2D eigenvalue weighted by atomic mass is 16.7. The Hall–Kier alpha value is -2.82. The third-order valence-electron chi connectivity index (χ3n) is 6.61. The van der Waals surface area contributed by atoms with Crippen LogP contribution in [0.1, 0.15) is 55.6 Å². The van der Waals surface area contributed by atoms with Crippen molar-refractivity contribution in [2.45, 2.75) is 49.9 Å². The molecule has 6 rings (SSSR count). The molecule has 2 saturated carbocycles. The second-order valence-electron chi connectivity index (χ2n) is 8.28. The lowest BCUT2D eigenvalue weighted by molar-refractivity contribution is -0.118. The van der Waals surface area contributed by atoms with Crippen LogP contribution in [0.3, 0.4) is 0 Å². The standard InChI is InChI=1S/C23H22N2O3/c26-22(23(9-10-23)14-5-8-20-21(11-14)28-13-27-20)24-15-6-7-19-17(12-15)16-3-1-2-4-18(16)25-19/h5-8,11-12,16H,1-4,9-10,13H2,(H,24,26). The summed E-state index contributed by atoms with van der Waals surface area (Å²) in [7, 11) is 0. The molecular formula is C23H22N2O3. The van der Waals surface area contributed by atoms with Gasteiger partial charge in [-0.25, -0.2) is 0 Å². The van der Waals surface area contributed by atoms with Gasteiger partial charge in [-0.2, -0.15) is 0 Å². The molecule has 5 nitrogen and oxygen atoms in total. The minimum atomic E-state index is -0.452. The number of benzene rings is 2. The summed E-state index contributed by atoms with van der Waals surface area (Å²) < 4.78 is 10.9. The molecule has 5 heteroatoms. The molecule has 1 amide bonds. The molecule has 2 aromatic rings. The Morgan fingerprint density at radius 3 is 2.86 bits per heavy atom. The van der Waals surface area contributed by atoms with Gasteiger partial charge in [0.15, 0.2) is 11.5 Å². The number of carbonyl (C=O) groups is 1. The Bertz CT molecular complexity index is 1020. The van der Waals surface area contributed by atoms with E-state index in [2.05, 4.69) is 17.4 Å². The molecule has 0 saturated heterocycles. The van der Waals surface area contributed by atoms with Crippen molar-refractivity contribution < 1.29 is 14.3 Å². The summed E-state index contributed by atoms with van der Waals surface area (Å²) in [5.74, 6) is 2.00. The number of rotatable bonds is 3. The lowest BCUT2D eigenvalue weighted by Gasteiger charge is -2.20. The molecule has 142 valence electrons. The average molecular weight is 374 g/mol. The van der Waals surface area contributed by atoms with Crippen LogP contribution in [0.5, 0.6) is 11.5 Å². The molecule has 1 unspecified atom stereocenters. The largest absolute Gasteiger partial charge is 0.454 e. The highest BCUT2D eigenvalue weighted by Crippen LogP contribution is 2.51. The maximum Gasteiger partial charge on any atom is 0.235 e. The summed E-state index contributed by atoms with van der Waals surface area (Å²) in [6.07, 6.45) is 6.50. The molecule has 0 radical (unpaired) electrons. The van der Waals surface area contributed by atoms with Crippen molar-refractivity contribution in [1.82, 2.24) is 0 Å². The maximum atomic E-state index is 13.2. The van der Waals surface area contributed by atoms with Gasteiger partial charge in [-0.3, -0.25) is 9.79 Å². The lowest BCUT2D eigenvalue weighted by Crippen LogP contribution is -2.27. The summed E-state index contributed by atoms with van der Waals surface area (Å²) in [5.41, 5.74) is 5.11. The zero-order valence-electron chi connectivity index (χ0n) is 15.7. The predicted molar refractivity (Wildman–Crippen MR) is 107 cm³/mol. The van der Waals surface area contributed by atoms with E-state index < -0.39 is 5.41 Å². The summed E-state index contributed by atoms with van der Waals surface area (Å²) in [6, 6.07) is 12.0. The first kappa shape index (κ1) is 16.2. The van der Waals surface area contributed by atoms with Gasteiger partial charge >= 0.3 is 0 Å². The lowest BCUT2D eigenvalue weighted by atomic mass is 9.84. The SMILES string of the molecule is O=C(Nc1ccc2c(c1)C1CCCCC1=N2)C1(c2ccc3c(c2)OCO3)CC1. The van der Waals surface area contributed by atoms with Crippen molar-refractivity contribution >= 4 is 23.0 Å². The van der Waals surface area contributed by atoms with E-state index in [4.69, 9.17) is 14.5 Å². The first-order valence-electron chi connectivity index (χ1n) is 10.2. The molecule has 2 heterocycles. The Morgan fingerprint density at radius 2 is 1.96 bits per heavy atom. The normalized spacial score (nSPS) is 22.9. The Balaban J connectivity index is 1.25. The first-order valence-corrected chi connectivity index (χ1v) is 10.2. The van der Waals surface area contributed by atoms with Gasteiger partial charge < -0.3 is 14.8 Å². The topological polar surface area (TPSA) is 59.9 Å². The first-order chi connectivity index (χ1) is 13.7. The highest BCUT2D eigenvalue weighted by Gasteiger charge is 2.51. The number of nitrogens with one attached hydrogen (secondary N) is 1. The number of ether oxygens (including phenoxy) is 2.